The fourth-order valence-electron chi connectivity index (χ4n) is 2.18. The molecule has 0 unspecified atom stereocenters. The third-order valence-corrected chi connectivity index (χ3v) is 5.89. The van der Waals surface area contributed by atoms with Gasteiger partial charge in [-0.3, -0.25) is 0 Å². The summed E-state index contributed by atoms with van der Waals surface area (Å²) in [5.41, 5.74) is 0. The van der Waals surface area contributed by atoms with Gasteiger partial charge in [0, 0.05) is 0 Å². The van der Waals surface area contributed by atoms with Crippen LogP contribution in [-0.4, -0.2) is 5.33 Å². The van der Waals surface area contributed by atoms with Crippen molar-refractivity contribution in [3.05, 3.63) is 91.0 Å². The second kappa shape index (κ2) is 10.0. The second-order valence-corrected chi connectivity index (χ2v) is 7.46. The van der Waals surface area contributed by atoms with E-state index in [9.17, 15) is 0 Å². The number of rotatable bonds is 3. The Morgan fingerprint density at radius 3 is 1.13 bits per heavy atom. The average molecular weight is 381 g/mol. The Balaban J connectivity index is 0.000000433. The molecule has 0 radical (unpaired) electrons. The second-order valence-electron chi connectivity index (χ2n) is 4.68. The zero-order valence-electron chi connectivity index (χ0n) is 12.8. The molecule has 0 heterocycles. The molecule has 114 valence electrons. The maximum Gasteiger partial charge on any atom is 0.0642 e. The summed E-state index contributed by atoms with van der Waals surface area (Å²) in [7, 11) is -0.446. The van der Waals surface area contributed by atoms with E-state index in [1.54, 1.807) is 0 Å². The molecule has 0 saturated heterocycles. The largest absolute Gasteiger partial charge is 0.119 e. The first-order valence-electron chi connectivity index (χ1n) is 7.31. The number of hydrogen-bond donors (Lipinski definition) is 0. The Morgan fingerprint density at radius 1 is 0.652 bits per heavy atom. The van der Waals surface area contributed by atoms with Crippen molar-refractivity contribution in [3.8, 4) is 12.3 Å². The Hall–Kier alpha value is -1.87. The van der Waals surface area contributed by atoms with Crippen molar-refractivity contribution in [1.82, 2.24) is 0 Å². The van der Waals surface area contributed by atoms with Crippen LogP contribution in [-0.2, 0) is 0 Å². The topological polar surface area (TPSA) is 0 Å². The number of benzene rings is 3. The van der Waals surface area contributed by atoms with Gasteiger partial charge in [0.2, 0.25) is 0 Å². The first-order valence-corrected chi connectivity index (χ1v) is 9.78. The maximum absolute atomic E-state index is 4.73. The fraction of sp³-hybridized carbons (Fsp3) is 0.0476. The highest BCUT2D eigenvalue weighted by Crippen LogP contribution is 2.32. The van der Waals surface area contributed by atoms with Crippen LogP contribution in [0.2, 0.25) is 0 Å². The van der Waals surface area contributed by atoms with E-state index in [0.717, 1.165) is 0 Å². The predicted octanol–water partition coefficient (Wildman–Crippen LogP) is 4.46. The molecule has 0 fully saturated rings. The molecular formula is C21H18BrP. The van der Waals surface area contributed by atoms with E-state index < -0.39 is 7.92 Å². The number of hydrogen-bond acceptors (Lipinski definition) is 0. The van der Waals surface area contributed by atoms with Crippen LogP contribution < -0.4 is 15.9 Å². The van der Waals surface area contributed by atoms with E-state index in [1.165, 1.54) is 15.9 Å². The summed E-state index contributed by atoms with van der Waals surface area (Å²) in [4.78, 5) is 0. The number of halogens is 1. The highest BCUT2D eigenvalue weighted by molar-refractivity contribution is 9.09. The molecule has 0 aromatic heterocycles. The molecule has 0 nitrogen and oxygen atoms in total. The molecule has 3 aromatic rings. The van der Waals surface area contributed by atoms with Crippen LogP contribution in [0, 0.1) is 12.3 Å². The van der Waals surface area contributed by atoms with Crippen molar-refractivity contribution in [2.75, 3.05) is 5.33 Å². The first kappa shape index (κ1) is 17.5. The van der Waals surface area contributed by atoms with Crippen molar-refractivity contribution in [2.45, 2.75) is 0 Å². The van der Waals surface area contributed by atoms with E-state index in [4.69, 9.17) is 6.42 Å². The van der Waals surface area contributed by atoms with Gasteiger partial charge in [0.1, 0.15) is 0 Å². The highest BCUT2D eigenvalue weighted by Gasteiger charge is 2.14. The Bertz CT molecular complexity index is 624. The average Bonchev–Trinajstić information content (AvgIpc) is 2.65. The lowest BCUT2D eigenvalue weighted by Gasteiger charge is -2.18. The summed E-state index contributed by atoms with van der Waals surface area (Å²) in [6, 6.07) is 32.3. The van der Waals surface area contributed by atoms with Gasteiger partial charge in [0.25, 0.3) is 0 Å². The summed E-state index contributed by atoms with van der Waals surface area (Å²) in [5, 5.41) is 4.85. The van der Waals surface area contributed by atoms with Crippen molar-refractivity contribution >= 4 is 39.8 Å². The highest BCUT2D eigenvalue weighted by atomic mass is 79.9. The van der Waals surface area contributed by atoms with Gasteiger partial charge in [0.05, 0.1) is 5.33 Å². The fourth-order valence-corrected chi connectivity index (χ4v) is 4.48. The quantitative estimate of drug-likeness (QED) is 0.357. The molecule has 0 atom stereocenters. The van der Waals surface area contributed by atoms with Gasteiger partial charge in [-0.1, -0.05) is 113 Å². The van der Waals surface area contributed by atoms with Crippen molar-refractivity contribution in [2.24, 2.45) is 0 Å². The van der Waals surface area contributed by atoms with Crippen molar-refractivity contribution in [1.29, 1.82) is 0 Å². The Morgan fingerprint density at radius 2 is 0.913 bits per heavy atom. The van der Waals surface area contributed by atoms with Crippen LogP contribution in [0.4, 0.5) is 0 Å². The van der Waals surface area contributed by atoms with Crippen LogP contribution in [0.1, 0.15) is 0 Å². The molecular weight excluding hydrogens is 363 g/mol. The first-order chi connectivity index (χ1) is 11.4. The molecule has 0 N–H and O–H groups in total. The molecule has 0 amide bonds. The van der Waals surface area contributed by atoms with Gasteiger partial charge in [-0.05, 0) is 23.8 Å². The predicted molar refractivity (Wildman–Crippen MR) is 108 cm³/mol. The third kappa shape index (κ3) is 5.36. The Labute approximate surface area is 148 Å². The van der Waals surface area contributed by atoms with E-state index in [1.807, 2.05) is 0 Å². The SMILES string of the molecule is C#CCBr.c1ccc(P(c2ccccc2)c2ccccc2)cc1. The van der Waals surface area contributed by atoms with Crippen molar-refractivity contribution < 1.29 is 0 Å². The van der Waals surface area contributed by atoms with E-state index in [2.05, 4.69) is 113 Å². The maximum atomic E-state index is 4.73. The molecule has 0 aliphatic heterocycles. The third-order valence-electron chi connectivity index (χ3n) is 3.12. The molecule has 0 aliphatic rings. The minimum atomic E-state index is -0.446. The zero-order chi connectivity index (χ0) is 16.3. The van der Waals surface area contributed by atoms with Gasteiger partial charge in [-0.15, -0.1) is 6.42 Å². The molecule has 0 aliphatic carbocycles. The zero-order valence-corrected chi connectivity index (χ0v) is 15.3. The lowest BCUT2D eigenvalue weighted by Crippen LogP contribution is -2.20. The van der Waals surface area contributed by atoms with Gasteiger partial charge in [0.15, 0.2) is 0 Å². The molecule has 3 aromatic carbocycles. The van der Waals surface area contributed by atoms with Gasteiger partial charge in [-0.2, -0.15) is 0 Å². The lowest BCUT2D eigenvalue weighted by atomic mass is 10.4. The van der Waals surface area contributed by atoms with Crippen LogP contribution in [0.15, 0.2) is 91.0 Å². The summed E-state index contributed by atoms with van der Waals surface area (Å²) < 4.78 is 0. The van der Waals surface area contributed by atoms with Crippen LogP contribution in [0.25, 0.3) is 0 Å². The van der Waals surface area contributed by atoms with Crippen molar-refractivity contribution in [3.63, 3.8) is 0 Å². The normalized spacial score (nSPS) is 9.61. The molecule has 23 heavy (non-hydrogen) atoms. The van der Waals surface area contributed by atoms with E-state index in [-0.39, 0.29) is 0 Å². The van der Waals surface area contributed by atoms with Gasteiger partial charge < -0.3 is 0 Å². The molecule has 2 heteroatoms. The van der Waals surface area contributed by atoms with Crippen LogP contribution >= 0.6 is 23.9 Å². The van der Waals surface area contributed by atoms with Gasteiger partial charge in [-0.25, -0.2) is 0 Å². The summed E-state index contributed by atoms with van der Waals surface area (Å²) in [6.07, 6.45) is 4.73. The molecule has 0 saturated carbocycles. The smallest absolute Gasteiger partial charge is 0.0642 e. The number of alkyl halides is 1. The summed E-state index contributed by atoms with van der Waals surface area (Å²) in [6.45, 7) is 0. The summed E-state index contributed by atoms with van der Waals surface area (Å²) >= 11 is 3.01. The standard InChI is InChI=1S/C18H15P.C3H3Br/c1-4-10-16(11-5-1)19(17-12-6-2-7-13-17)18-14-8-3-9-15-18;1-2-3-4/h1-15H;1H,3H2. The van der Waals surface area contributed by atoms with E-state index in [0.29, 0.717) is 5.33 Å². The molecule has 0 spiro atoms. The Kier molecular flexibility index (Phi) is 7.61. The van der Waals surface area contributed by atoms with Gasteiger partial charge >= 0.3 is 0 Å². The minimum absolute atomic E-state index is 0.446. The van der Waals surface area contributed by atoms with Crippen LogP contribution in [0.5, 0.6) is 0 Å². The summed E-state index contributed by atoms with van der Waals surface area (Å²) in [5.74, 6) is 2.35. The lowest BCUT2D eigenvalue weighted by molar-refractivity contribution is 1.74. The molecule has 3 rings (SSSR count). The molecule has 0 bridgehead atoms. The monoisotopic (exact) mass is 380 g/mol. The number of terminal acetylenes is 1. The minimum Gasteiger partial charge on any atom is -0.119 e. The van der Waals surface area contributed by atoms with Crippen LogP contribution in [0.3, 0.4) is 0 Å². The van der Waals surface area contributed by atoms with E-state index >= 15 is 0 Å².